The second-order valence-electron chi connectivity index (χ2n) is 7.25. The number of amides is 1. The molecule has 1 heterocycles. The zero-order valence-corrected chi connectivity index (χ0v) is 13.4. The highest BCUT2D eigenvalue weighted by molar-refractivity contribution is 5.96. The Bertz CT molecular complexity index is 514. The van der Waals surface area contributed by atoms with Gasteiger partial charge >= 0.3 is 0 Å². The highest BCUT2D eigenvalue weighted by Gasteiger charge is 2.39. The van der Waals surface area contributed by atoms with Crippen LogP contribution in [-0.2, 0) is 10.2 Å². The molecule has 1 saturated carbocycles. The summed E-state index contributed by atoms with van der Waals surface area (Å²) in [5, 5.41) is 0. The summed E-state index contributed by atoms with van der Waals surface area (Å²) in [5.74, 6) is 1.01. The first-order valence-electron chi connectivity index (χ1n) is 8.52. The van der Waals surface area contributed by atoms with E-state index in [1.807, 2.05) is 4.90 Å². The number of hydrogen-bond acceptors (Lipinski definition) is 1. The summed E-state index contributed by atoms with van der Waals surface area (Å²) in [6.45, 7) is 5.54. The number of nitrogens with zero attached hydrogens (tertiary/aromatic N) is 1. The van der Waals surface area contributed by atoms with Crippen molar-refractivity contribution in [2.24, 2.45) is 5.92 Å². The Labute approximate surface area is 128 Å². The Morgan fingerprint density at radius 2 is 1.86 bits per heavy atom. The quantitative estimate of drug-likeness (QED) is 0.787. The van der Waals surface area contributed by atoms with Crippen LogP contribution in [0.2, 0.25) is 0 Å². The van der Waals surface area contributed by atoms with E-state index in [1.165, 1.54) is 43.4 Å². The van der Waals surface area contributed by atoms with Gasteiger partial charge in [-0.1, -0.05) is 44.9 Å². The van der Waals surface area contributed by atoms with E-state index >= 15 is 0 Å². The maximum absolute atomic E-state index is 12.2. The van der Waals surface area contributed by atoms with Crippen LogP contribution in [0.15, 0.2) is 24.3 Å². The van der Waals surface area contributed by atoms with Crippen molar-refractivity contribution >= 4 is 11.6 Å². The van der Waals surface area contributed by atoms with Crippen molar-refractivity contribution in [1.29, 1.82) is 0 Å². The first-order valence-corrected chi connectivity index (χ1v) is 8.52. The number of benzene rings is 1. The molecule has 0 unspecified atom stereocenters. The Hall–Kier alpha value is -1.31. The molecule has 2 fully saturated rings. The lowest BCUT2D eigenvalue weighted by Gasteiger charge is -2.35. The predicted molar refractivity (Wildman–Crippen MR) is 87.6 cm³/mol. The zero-order chi connectivity index (χ0) is 14.9. The number of anilines is 1. The Balaban J connectivity index is 2.02. The normalized spacial score (nSPS) is 21.5. The van der Waals surface area contributed by atoms with E-state index in [2.05, 4.69) is 38.1 Å². The Morgan fingerprint density at radius 1 is 1.14 bits per heavy atom. The Kier molecular flexibility index (Phi) is 4.05. The van der Waals surface area contributed by atoms with Gasteiger partial charge in [-0.2, -0.15) is 0 Å². The zero-order valence-electron chi connectivity index (χ0n) is 13.4. The first kappa shape index (κ1) is 14.6. The van der Waals surface area contributed by atoms with E-state index < -0.39 is 0 Å². The lowest BCUT2D eigenvalue weighted by molar-refractivity contribution is -0.117. The maximum atomic E-state index is 12.2. The molecule has 114 valence electrons. The third-order valence-electron chi connectivity index (χ3n) is 5.20. The number of hydrogen-bond donors (Lipinski definition) is 0. The van der Waals surface area contributed by atoms with Crippen LogP contribution in [0.25, 0.3) is 0 Å². The van der Waals surface area contributed by atoms with Gasteiger partial charge in [0.1, 0.15) is 0 Å². The molecule has 0 radical (unpaired) electrons. The molecule has 21 heavy (non-hydrogen) atoms. The summed E-state index contributed by atoms with van der Waals surface area (Å²) in [5.41, 5.74) is 2.93. The Morgan fingerprint density at radius 3 is 2.48 bits per heavy atom. The predicted octanol–water partition coefficient (Wildman–Crippen LogP) is 4.67. The highest BCUT2D eigenvalue weighted by atomic mass is 16.2. The summed E-state index contributed by atoms with van der Waals surface area (Å²) in [6.07, 6.45) is 8.18. The summed E-state index contributed by atoms with van der Waals surface area (Å²) in [6, 6.07) is 8.69. The van der Waals surface area contributed by atoms with Gasteiger partial charge in [0.15, 0.2) is 0 Å². The van der Waals surface area contributed by atoms with Gasteiger partial charge in [0.05, 0.1) is 0 Å². The number of carbonyl (C=O) groups excluding carboxylic acids is 1. The summed E-state index contributed by atoms with van der Waals surface area (Å²) < 4.78 is 0. The minimum absolute atomic E-state index is 0.299. The molecular formula is C19H27NO. The molecule has 0 aromatic heterocycles. The number of rotatable bonds is 4. The average Bonchev–Trinajstić information content (AvgIpc) is 3.08. The second-order valence-corrected chi connectivity index (χ2v) is 7.25. The fourth-order valence-corrected chi connectivity index (χ4v) is 4.48. The largest absolute Gasteiger partial charge is 0.312 e. The molecule has 0 atom stereocenters. The average molecular weight is 285 g/mol. The molecule has 1 aliphatic heterocycles. The third kappa shape index (κ3) is 2.73. The fourth-order valence-electron chi connectivity index (χ4n) is 4.48. The first-order chi connectivity index (χ1) is 10.1. The summed E-state index contributed by atoms with van der Waals surface area (Å²) in [4.78, 5) is 14.2. The van der Waals surface area contributed by atoms with Gasteiger partial charge in [0, 0.05) is 18.7 Å². The van der Waals surface area contributed by atoms with Crippen molar-refractivity contribution in [2.45, 2.75) is 64.2 Å². The van der Waals surface area contributed by atoms with Crippen LogP contribution < -0.4 is 4.90 Å². The fraction of sp³-hybridized carbons (Fsp3) is 0.632. The van der Waals surface area contributed by atoms with E-state index in [-0.39, 0.29) is 0 Å². The summed E-state index contributed by atoms with van der Waals surface area (Å²) in [7, 11) is 0. The van der Waals surface area contributed by atoms with Gasteiger partial charge in [0.2, 0.25) is 5.91 Å². The van der Waals surface area contributed by atoms with Gasteiger partial charge in [0.25, 0.3) is 0 Å². The van der Waals surface area contributed by atoms with Crippen LogP contribution in [-0.4, -0.2) is 12.5 Å². The molecule has 0 N–H and O–H groups in total. The van der Waals surface area contributed by atoms with Crippen molar-refractivity contribution in [3.05, 3.63) is 29.8 Å². The lowest BCUT2D eigenvalue weighted by atomic mass is 9.72. The lowest BCUT2D eigenvalue weighted by Crippen LogP contribution is -2.31. The molecule has 1 saturated heterocycles. The van der Waals surface area contributed by atoms with Crippen LogP contribution >= 0.6 is 0 Å². The van der Waals surface area contributed by atoms with Crippen LogP contribution in [0, 0.1) is 5.92 Å². The van der Waals surface area contributed by atoms with Gasteiger partial charge in [-0.15, -0.1) is 0 Å². The molecular weight excluding hydrogens is 258 g/mol. The summed E-state index contributed by atoms with van der Waals surface area (Å²) >= 11 is 0. The van der Waals surface area contributed by atoms with Crippen LogP contribution in [0.3, 0.4) is 0 Å². The monoisotopic (exact) mass is 285 g/mol. The molecule has 3 rings (SSSR count). The number of para-hydroxylation sites is 1. The smallest absolute Gasteiger partial charge is 0.227 e. The van der Waals surface area contributed by atoms with E-state index in [0.29, 0.717) is 23.7 Å². The van der Waals surface area contributed by atoms with Crippen molar-refractivity contribution in [3.8, 4) is 0 Å². The van der Waals surface area contributed by atoms with Crippen molar-refractivity contribution in [3.63, 3.8) is 0 Å². The molecule has 0 bridgehead atoms. The third-order valence-corrected chi connectivity index (χ3v) is 5.20. The standard InChI is InChI=1S/C19H27NO/c1-15(2)14-19(11-5-6-12-19)16-8-3-4-9-17(16)20-13-7-10-18(20)21/h3-4,8-9,15H,5-7,10-14H2,1-2H3. The maximum Gasteiger partial charge on any atom is 0.227 e. The van der Waals surface area contributed by atoms with Crippen LogP contribution in [0.1, 0.15) is 64.4 Å². The van der Waals surface area contributed by atoms with Crippen molar-refractivity contribution in [2.75, 3.05) is 11.4 Å². The van der Waals surface area contributed by atoms with Gasteiger partial charge in [-0.25, -0.2) is 0 Å². The molecule has 2 heteroatoms. The molecule has 0 spiro atoms. The van der Waals surface area contributed by atoms with Gasteiger partial charge in [-0.05, 0) is 48.6 Å². The molecule has 1 amide bonds. The molecule has 1 aliphatic carbocycles. The van der Waals surface area contributed by atoms with Crippen molar-refractivity contribution < 1.29 is 4.79 Å². The van der Waals surface area contributed by atoms with Crippen LogP contribution in [0.5, 0.6) is 0 Å². The molecule has 1 aromatic carbocycles. The minimum Gasteiger partial charge on any atom is -0.312 e. The second kappa shape index (κ2) is 5.82. The van der Waals surface area contributed by atoms with E-state index in [4.69, 9.17) is 0 Å². The highest BCUT2D eigenvalue weighted by Crippen LogP contribution is 2.49. The van der Waals surface area contributed by atoms with E-state index in [9.17, 15) is 4.79 Å². The minimum atomic E-state index is 0.299. The van der Waals surface area contributed by atoms with Crippen molar-refractivity contribution in [1.82, 2.24) is 0 Å². The van der Waals surface area contributed by atoms with Gasteiger partial charge in [-0.3, -0.25) is 4.79 Å². The molecule has 1 aromatic rings. The van der Waals surface area contributed by atoms with Crippen LogP contribution in [0.4, 0.5) is 5.69 Å². The molecule has 2 aliphatic rings. The van der Waals surface area contributed by atoms with Gasteiger partial charge < -0.3 is 4.90 Å². The number of carbonyl (C=O) groups is 1. The topological polar surface area (TPSA) is 20.3 Å². The van der Waals surface area contributed by atoms with E-state index in [1.54, 1.807) is 0 Å². The molecule has 2 nitrogen and oxygen atoms in total. The SMILES string of the molecule is CC(C)CC1(c2ccccc2N2CCCC2=O)CCCC1. The van der Waals surface area contributed by atoms with E-state index in [0.717, 1.165) is 13.0 Å².